The van der Waals surface area contributed by atoms with Crippen LogP contribution in [0.4, 0.5) is 0 Å². The number of aliphatic hydroxyl groups excluding tert-OH is 1. The molecule has 0 bridgehead atoms. The van der Waals surface area contributed by atoms with E-state index >= 15 is 0 Å². The molecule has 1 aromatic carbocycles. The molecule has 0 radical (unpaired) electrons. The van der Waals surface area contributed by atoms with Gasteiger partial charge in [-0.15, -0.1) is 0 Å². The van der Waals surface area contributed by atoms with Gasteiger partial charge in [-0.2, -0.15) is 0 Å². The van der Waals surface area contributed by atoms with Crippen molar-refractivity contribution in [2.45, 2.75) is 25.4 Å². The van der Waals surface area contributed by atoms with Gasteiger partial charge in [0.25, 0.3) is 0 Å². The summed E-state index contributed by atoms with van der Waals surface area (Å²) >= 11 is 3.46. The van der Waals surface area contributed by atoms with Crippen LogP contribution in [0.25, 0.3) is 0 Å². The first-order valence-electron chi connectivity index (χ1n) is 7.85. The lowest BCUT2D eigenvalue weighted by molar-refractivity contribution is 0.133. The van der Waals surface area contributed by atoms with Gasteiger partial charge < -0.3 is 14.9 Å². The Labute approximate surface area is 137 Å². The van der Waals surface area contributed by atoms with Crippen molar-refractivity contribution in [1.82, 2.24) is 9.80 Å². The van der Waals surface area contributed by atoms with E-state index in [-0.39, 0.29) is 6.10 Å². The fraction of sp³-hybridized carbons (Fsp3) is 0.647. The molecule has 2 rings (SSSR count). The number of halogens is 1. The van der Waals surface area contributed by atoms with Crippen molar-refractivity contribution in [3.8, 4) is 0 Å². The van der Waals surface area contributed by atoms with Crippen LogP contribution >= 0.6 is 15.9 Å². The van der Waals surface area contributed by atoms with Gasteiger partial charge in [-0.25, -0.2) is 0 Å². The molecule has 1 unspecified atom stereocenters. The Morgan fingerprint density at radius 1 is 1.38 bits per heavy atom. The summed E-state index contributed by atoms with van der Waals surface area (Å²) in [7, 11) is 4.38. The SMILES string of the molecule is CN1CCC(CN(C)CCC(O)c2cccc(Br)c2)CC1. The lowest BCUT2D eigenvalue weighted by Crippen LogP contribution is -2.36. The van der Waals surface area contributed by atoms with Crippen LogP contribution in [0.5, 0.6) is 0 Å². The van der Waals surface area contributed by atoms with Crippen LogP contribution in [0, 0.1) is 5.92 Å². The second kappa shape index (κ2) is 8.28. The number of hydrogen-bond donors (Lipinski definition) is 1. The van der Waals surface area contributed by atoms with E-state index in [0.29, 0.717) is 0 Å². The van der Waals surface area contributed by atoms with Gasteiger partial charge in [0, 0.05) is 17.6 Å². The maximum absolute atomic E-state index is 10.3. The lowest BCUT2D eigenvalue weighted by Gasteiger charge is -2.31. The molecule has 0 aliphatic carbocycles. The summed E-state index contributed by atoms with van der Waals surface area (Å²) in [6.45, 7) is 4.54. The third kappa shape index (κ3) is 5.70. The van der Waals surface area contributed by atoms with Crippen LogP contribution in [-0.2, 0) is 0 Å². The quantitative estimate of drug-likeness (QED) is 0.849. The zero-order valence-corrected chi connectivity index (χ0v) is 14.7. The van der Waals surface area contributed by atoms with Crippen LogP contribution in [0.3, 0.4) is 0 Å². The Hall–Kier alpha value is -0.420. The number of benzene rings is 1. The van der Waals surface area contributed by atoms with E-state index in [1.807, 2.05) is 24.3 Å². The zero-order chi connectivity index (χ0) is 15.2. The molecule has 118 valence electrons. The second-order valence-corrected chi connectivity index (χ2v) is 7.28. The van der Waals surface area contributed by atoms with Gasteiger partial charge in [0.2, 0.25) is 0 Å². The molecule has 4 heteroatoms. The van der Waals surface area contributed by atoms with E-state index in [4.69, 9.17) is 0 Å². The minimum atomic E-state index is -0.373. The molecule has 1 aliphatic rings. The minimum absolute atomic E-state index is 0.373. The molecule has 0 aromatic heterocycles. The average molecular weight is 355 g/mol. The van der Waals surface area contributed by atoms with Crippen molar-refractivity contribution in [2.24, 2.45) is 5.92 Å². The van der Waals surface area contributed by atoms with Crippen molar-refractivity contribution in [3.05, 3.63) is 34.3 Å². The van der Waals surface area contributed by atoms with Gasteiger partial charge in [0.1, 0.15) is 0 Å². The largest absolute Gasteiger partial charge is 0.388 e. The van der Waals surface area contributed by atoms with Gasteiger partial charge in [-0.3, -0.25) is 0 Å². The van der Waals surface area contributed by atoms with Crippen LogP contribution in [0.15, 0.2) is 28.7 Å². The smallest absolute Gasteiger partial charge is 0.0802 e. The normalized spacial score (nSPS) is 19.1. The highest BCUT2D eigenvalue weighted by Gasteiger charge is 2.18. The summed E-state index contributed by atoms with van der Waals surface area (Å²) < 4.78 is 1.03. The van der Waals surface area contributed by atoms with E-state index in [1.54, 1.807) is 0 Å². The predicted octanol–water partition coefficient (Wildman–Crippen LogP) is 3.15. The standard InChI is InChI=1S/C17H27BrN2O/c1-19-9-6-14(7-10-19)13-20(2)11-8-17(21)15-4-3-5-16(18)12-15/h3-5,12,14,17,21H,6-11,13H2,1-2H3. The Morgan fingerprint density at radius 3 is 2.76 bits per heavy atom. The summed E-state index contributed by atoms with van der Waals surface area (Å²) in [5, 5.41) is 10.3. The van der Waals surface area contributed by atoms with Gasteiger partial charge in [-0.05, 0) is 70.1 Å². The van der Waals surface area contributed by atoms with Crippen LogP contribution < -0.4 is 0 Å². The van der Waals surface area contributed by atoms with Gasteiger partial charge in [0.05, 0.1) is 6.10 Å². The van der Waals surface area contributed by atoms with Crippen molar-refractivity contribution in [3.63, 3.8) is 0 Å². The second-order valence-electron chi connectivity index (χ2n) is 6.37. The molecule has 3 nitrogen and oxygen atoms in total. The zero-order valence-electron chi connectivity index (χ0n) is 13.1. The van der Waals surface area contributed by atoms with Crippen molar-refractivity contribution >= 4 is 15.9 Å². The molecule has 1 N–H and O–H groups in total. The van der Waals surface area contributed by atoms with E-state index in [9.17, 15) is 5.11 Å². The molecule has 1 saturated heterocycles. The maximum atomic E-state index is 10.3. The minimum Gasteiger partial charge on any atom is -0.388 e. The number of likely N-dealkylation sites (tertiary alicyclic amines) is 1. The van der Waals surface area contributed by atoms with Crippen molar-refractivity contribution < 1.29 is 5.11 Å². The summed E-state index contributed by atoms with van der Waals surface area (Å²) in [6, 6.07) is 7.96. The number of hydrogen-bond acceptors (Lipinski definition) is 3. The topological polar surface area (TPSA) is 26.7 Å². The van der Waals surface area contributed by atoms with Gasteiger partial charge in [-0.1, -0.05) is 28.1 Å². The monoisotopic (exact) mass is 354 g/mol. The van der Waals surface area contributed by atoms with E-state index in [0.717, 1.165) is 35.5 Å². The number of nitrogens with zero attached hydrogens (tertiary/aromatic N) is 2. The molecule has 1 aromatic rings. The molecular weight excluding hydrogens is 328 g/mol. The van der Waals surface area contributed by atoms with Gasteiger partial charge in [0.15, 0.2) is 0 Å². The lowest BCUT2D eigenvalue weighted by atomic mass is 9.96. The molecule has 0 saturated carbocycles. The first kappa shape index (κ1) is 16.9. The molecule has 1 fully saturated rings. The Bertz CT molecular complexity index is 433. The Balaban J connectivity index is 1.72. The molecule has 0 spiro atoms. The number of aliphatic hydroxyl groups is 1. The first-order valence-corrected chi connectivity index (χ1v) is 8.64. The third-order valence-corrected chi connectivity index (χ3v) is 4.92. The Morgan fingerprint density at radius 2 is 2.10 bits per heavy atom. The van der Waals surface area contributed by atoms with Crippen LogP contribution in [-0.4, -0.2) is 55.2 Å². The third-order valence-electron chi connectivity index (χ3n) is 4.43. The molecule has 0 amide bonds. The van der Waals surface area contributed by atoms with Crippen LogP contribution in [0.1, 0.15) is 30.9 Å². The van der Waals surface area contributed by atoms with Crippen molar-refractivity contribution in [1.29, 1.82) is 0 Å². The maximum Gasteiger partial charge on any atom is 0.0802 e. The first-order chi connectivity index (χ1) is 10.0. The molecular formula is C17H27BrN2O. The Kier molecular flexibility index (Phi) is 6.68. The highest BCUT2D eigenvalue weighted by molar-refractivity contribution is 9.10. The fourth-order valence-electron chi connectivity index (χ4n) is 3.00. The molecule has 21 heavy (non-hydrogen) atoms. The predicted molar refractivity (Wildman–Crippen MR) is 91.4 cm³/mol. The summed E-state index contributed by atoms with van der Waals surface area (Å²) in [4.78, 5) is 4.78. The summed E-state index contributed by atoms with van der Waals surface area (Å²) in [5.74, 6) is 0.814. The summed E-state index contributed by atoms with van der Waals surface area (Å²) in [5.41, 5.74) is 0.997. The number of rotatable bonds is 6. The fourth-order valence-corrected chi connectivity index (χ4v) is 3.42. The highest BCUT2D eigenvalue weighted by Crippen LogP contribution is 2.21. The van der Waals surface area contributed by atoms with E-state index < -0.39 is 0 Å². The molecule has 1 aliphatic heterocycles. The molecule has 1 atom stereocenters. The number of piperidine rings is 1. The average Bonchev–Trinajstić information content (AvgIpc) is 2.47. The molecule has 1 heterocycles. The van der Waals surface area contributed by atoms with Gasteiger partial charge >= 0.3 is 0 Å². The highest BCUT2D eigenvalue weighted by atomic mass is 79.9. The van der Waals surface area contributed by atoms with Crippen molar-refractivity contribution in [2.75, 3.05) is 40.3 Å². The van der Waals surface area contributed by atoms with E-state index in [1.165, 1.54) is 25.9 Å². The van der Waals surface area contributed by atoms with Crippen LogP contribution in [0.2, 0.25) is 0 Å². The summed E-state index contributed by atoms with van der Waals surface area (Å²) in [6.07, 6.45) is 3.02. The van der Waals surface area contributed by atoms with E-state index in [2.05, 4.69) is 39.8 Å².